The van der Waals surface area contributed by atoms with E-state index >= 15 is 0 Å². The Balaban J connectivity index is 1.47. The van der Waals surface area contributed by atoms with Gasteiger partial charge in [0.05, 0.1) is 6.26 Å². The molecule has 2 heterocycles. The molecule has 1 aromatic heterocycles. The molecule has 0 spiro atoms. The minimum atomic E-state index is -0.628. The monoisotopic (exact) mass is 355 g/mol. The number of hydrogen-bond acceptors (Lipinski definition) is 4. The van der Waals surface area contributed by atoms with Crippen LogP contribution in [-0.2, 0) is 16.1 Å². The van der Waals surface area contributed by atoms with E-state index in [1.165, 1.54) is 11.2 Å². The van der Waals surface area contributed by atoms with Gasteiger partial charge in [0.15, 0.2) is 5.76 Å². The topological polar surface area (TPSA) is 82.9 Å². The standard InChI is InChI=1S/C19H21N3O4/c1-14-4-6-15(7-5-14)13-20-17(23)19(25)22-10-8-21(9-11-22)18(24)16-3-2-12-26-16/h2-7,12H,8-11,13H2,1H3,(H,20,23). The summed E-state index contributed by atoms with van der Waals surface area (Å²) in [6, 6.07) is 11.0. The van der Waals surface area contributed by atoms with Crippen LogP contribution in [0.3, 0.4) is 0 Å². The first-order chi connectivity index (χ1) is 12.5. The third-order valence-corrected chi connectivity index (χ3v) is 4.35. The van der Waals surface area contributed by atoms with Gasteiger partial charge in [0.25, 0.3) is 5.91 Å². The third kappa shape index (κ3) is 4.11. The number of aryl methyl sites for hydroxylation is 1. The molecule has 1 fully saturated rings. The molecule has 0 unspecified atom stereocenters. The zero-order valence-electron chi connectivity index (χ0n) is 14.6. The van der Waals surface area contributed by atoms with E-state index in [4.69, 9.17) is 4.42 Å². The molecule has 1 aromatic carbocycles. The molecule has 0 atom stereocenters. The minimum Gasteiger partial charge on any atom is -0.459 e. The van der Waals surface area contributed by atoms with Gasteiger partial charge in [-0.2, -0.15) is 0 Å². The summed E-state index contributed by atoms with van der Waals surface area (Å²) in [5.41, 5.74) is 2.07. The van der Waals surface area contributed by atoms with E-state index in [9.17, 15) is 14.4 Å². The first-order valence-electron chi connectivity index (χ1n) is 8.50. The molecule has 136 valence electrons. The predicted molar refractivity (Wildman–Crippen MR) is 94.2 cm³/mol. The Morgan fingerprint density at radius 1 is 1.00 bits per heavy atom. The molecule has 1 aliphatic heterocycles. The SMILES string of the molecule is Cc1ccc(CNC(=O)C(=O)N2CCN(C(=O)c3ccco3)CC2)cc1. The van der Waals surface area contributed by atoms with E-state index < -0.39 is 11.8 Å². The fourth-order valence-electron chi connectivity index (χ4n) is 2.78. The quantitative estimate of drug-likeness (QED) is 0.839. The summed E-state index contributed by atoms with van der Waals surface area (Å²) in [4.78, 5) is 39.6. The first-order valence-corrected chi connectivity index (χ1v) is 8.50. The van der Waals surface area contributed by atoms with Crippen molar-refractivity contribution in [2.45, 2.75) is 13.5 Å². The van der Waals surface area contributed by atoms with Crippen LogP contribution < -0.4 is 5.32 Å². The average Bonchev–Trinajstić information content (AvgIpc) is 3.21. The number of benzene rings is 1. The lowest BCUT2D eigenvalue weighted by atomic mass is 10.1. The highest BCUT2D eigenvalue weighted by molar-refractivity contribution is 6.35. The molecule has 0 bridgehead atoms. The van der Waals surface area contributed by atoms with E-state index in [-0.39, 0.29) is 11.7 Å². The van der Waals surface area contributed by atoms with Crippen LogP contribution in [-0.4, -0.2) is 53.7 Å². The molecule has 1 saturated heterocycles. The van der Waals surface area contributed by atoms with Crippen LogP contribution in [0.25, 0.3) is 0 Å². The van der Waals surface area contributed by atoms with Crippen molar-refractivity contribution in [1.82, 2.24) is 15.1 Å². The molecule has 1 aliphatic rings. The Labute approximate surface area is 151 Å². The summed E-state index contributed by atoms with van der Waals surface area (Å²) >= 11 is 0. The maximum atomic E-state index is 12.3. The van der Waals surface area contributed by atoms with Gasteiger partial charge in [-0.25, -0.2) is 0 Å². The zero-order chi connectivity index (χ0) is 18.5. The molecule has 7 nitrogen and oxygen atoms in total. The molecule has 3 rings (SSSR count). The van der Waals surface area contributed by atoms with Gasteiger partial charge in [-0.15, -0.1) is 0 Å². The van der Waals surface area contributed by atoms with Crippen molar-refractivity contribution in [2.24, 2.45) is 0 Å². The van der Waals surface area contributed by atoms with Crippen LogP contribution in [0.5, 0.6) is 0 Å². The van der Waals surface area contributed by atoms with Crippen molar-refractivity contribution in [1.29, 1.82) is 0 Å². The summed E-state index contributed by atoms with van der Waals surface area (Å²) < 4.78 is 5.11. The molecular formula is C19H21N3O4. The lowest BCUT2D eigenvalue weighted by Gasteiger charge is -2.33. The fourth-order valence-corrected chi connectivity index (χ4v) is 2.78. The first kappa shape index (κ1) is 17.7. The molecule has 0 radical (unpaired) electrons. The minimum absolute atomic E-state index is 0.203. The number of nitrogens with zero attached hydrogens (tertiary/aromatic N) is 2. The summed E-state index contributed by atoms with van der Waals surface area (Å²) in [5.74, 6) is -1.12. The number of rotatable bonds is 3. The smallest absolute Gasteiger partial charge is 0.312 e. The maximum absolute atomic E-state index is 12.3. The Bertz CT molecular complexity index is 776. The van der Waals surface area contributed by atoms with Crippen LogP contribution in [0.2, 0.25) is 0 Å². The molecule has 7 heteroatoms. The van der Waals surface area contributed by atoms with E-state index in [2.05, 4.69) is 5.32 Å². The largest absolute Gasteiger partial charge is 0.459 e. The predicted octanol–water partition coefficient (Wildman–Crippen LogP) is 1.19. The molecule has 0 saturated carbocycles. The number of piperazine rings is 1. The lowest BCUT2D eigenvalue weighted by molar-refractivity contribution is -0.146. The normalized spacial score (nSPS) is 14.2. The van der Waals surface area contributed by atoms with Gasteiger partial charge >= 0.3 is 11.8 Å². The Kier molecular flexibility index (Phi) is 5.36. The van der Waals surface area contributed by atoms with Gasteiger partial charge in [-0.1, -0.05) is 29.8 Å². The van der Waals surface area contributed by atoms with E-state index in [1.807, 2.05) is 31.2 Å². The molecular weight excluding hydrogens is 334 g/mol. The molecule has 3 amide bonds. The Morgan fingerprint density at radius 3 is 2.27 bits per heavy atom. The third-order valence-electron chi connectivity index (χ3n) is 4.35. The van der Waals surface area contributed by atoms with Crippen molar-refractivity contribution in [3.63, 3.8) is 0 Å². The van der Waals surface area contributed by atoms with Crippen molar-refractivity contribution in [3.8, 4) is 0 Å². The van der Waals surface area contributed by atoms with E-state index in [0.29, 0.717) is 32.7 Å². The number of carbonyl (C=O) groups is 3. The number of carbonyl (C=O) groups excluding carboxylic acids is 3. The molecule has 0 aliphatic carbocycles. The van der Waals surface area contributed by atoms with Crippen molar-refractivity contribution >= 4 is 17.7 Å². The number of amides is 3. The van der Waals surface area contributed by atoms with Crippen LogP contribution >= 0.6 is 0 Å². The molecule has 1 N–H and O–H groups in total. The van der Waals surface area contributed by atoms with Gasteiger partial charge < -0.3 is 19.5 Å². The highest BCUT2D eigenvalue weighted by Crippen LogP contribution is 2.10. The molecule has 2 aromatic rings. The van der Waals surface area contributed by atoms with Crippen LogP contribution in [0.15, 0.2) is 47.1 Å². The second-order valence-electron chi connectivity index (χ2n) is 6.23. The van der Waals surface area contributed by atoms with Crippen LogP contribution in [0.1, 0.15) is 21.7 Å². The number of hydrogen-bond donors (Lipinski definition) is 1. The van der Waals surface area contributed by atoms with Crippen molar-refractivity contribution < 1.29 is 18.8 Å². The second kappa shape index (κ2) is 7.86. The van der Waals surface area contributed by atoms with E-state index in [0.717, 1.165) is 11.1 Å². The fraction of sp³-hybridized carbons (Fsp3) is 0.316. The van der Waals surface area contributed by atoms with Gasteiger partial charge in [0, 0.05) is 32.7 Å². The Morgan fingerprint density at radius 2 is 1.65 bits per heavy atom. The van der Waals surface area contributed by atoms with Gasteiger partial charge in [-0.3, -0.25) is 14.4 Å². The molecule has 26 heavy (non-hydrogen) atoms. The van der Waals surface area contributed by atoms with Crippen molar-refractivity contribution in [3.05, 3.63) is 59.5 Å². The maximum Gasteiger partial charge on any atom is 0.312 e. The Hall–Kier alpha value is -3.09. The lowest BCUT2D eigenvalue weighted by Crippen LogP contribution is -2.53. The summed E-state index contributed by atoms with van der Waals surface area (Å²) in [6.45, 7) is 3.68. The number of furan rings is 1. The van der Waals surface area contributed by atoms with Crippen LogP contribution in [0.4, 0.5) is 0 Å². The highest BCUT2D eigenvalue weighted by Gasteiger charge is 2.28. The summed E-state index contributed by atoms with van der Waals surface area (Å²) in [5, 5.41) is 2.65. The number of nitrogens with one attached hydrogen (secondary N) is 1. The van der Waals surface area contributed by atoms with Crippen LogP contribution in [0, 0.1) is 6.92 Å². The van der Waals surface area contributed by atoms with Gasteiger partial charge in [-0.05, 0) is 24.6 Å². The van der Waals surface area contributed by atoms with Gasteiger partial charge in [0.2, 0.25) is 0 Å². The van der Waals surface area contributed by atoms with E-state index in [1.54, 1.807) is 17.0 Å². The zero-order valence-corrected chi connectivity index (χ0v) is 14.6. The average molecular weight is 355 g/mol. The second-order valence-corrected chi connectivity index (χ2v) is 6.23. The van der Waals surface area contributed by atoms with Crippen molar-refractivity contribution in [2.75, 3.05) is 26.2 Å². The summed E-state index contributed by atoms with van der Waals surface area (Å²) in [6.07, 6.45) is 1.45. The highest BCUT2D eigenvalue weighted by atomic mass is 16.3. The van der Waals surface area contributed by atoms with Gasteiger partial charge in [0.1, 0.15) is 0 Å². The summed E-state index contributed by atoms with van der Waals surface area (Å²) in [7, 11) is 0.